The van der Waals surface area contributed by atoms with E-state index in [0.717, 1.165) is 15.8 Å². The Morgan fingerprint density at radius 2 is 1.85 bits per heavy atom. The van der Waals surface area contributed by atoms with Crippen LogP contribution in [0.4, 0.5) is 5.69 Å². The minimum Gasteiger partial charge on any atom is -0.486 e. The highest BCUT2D eigenvalue weighted by Gasteiger charge is 2.17. The monoisotopic (exact) mass is 366 g/mol. The van der Waals surface area contributed by atoms with Crippen molar-refractivity contribution in [2.24, 2.45) is 0 Å². The summed E-state index contributed by atoms with van der Waals surface area (Å²) >= 11 is 0. The molecule has 8 heteroatoms. The van der Waals surface area contributed by atoms with Gasteiger partial charge in [0, 0.05) is 11.8 Å². The minimum atomic E-state index is -0.410. The zero-order valence-corrected chi connectivity index (χ0v) is 15.0. The molecule has 27 heavy (non-hydrogen) atoms. The first kappa shape index (κ1) is 17.0. The van der Waals surface area contributed by atoms with Gasteiger partial charge in [0.05, 0.1) is 5.39 Å². The molecule has 0 saturated heterocycles. The Morgan fingerprint density at radius 3 is 2.59 bits per heavy atom. The zero-order chi connectivity index (χ0) is 19.0. The van der Waals surface area contributed by atoms with Gasteiger partial charge in [0.1, 0.15) is 25.3 Å². The van der Waals surface area contributed by atoms with Crippen LogP contribution in [0.2, 0.25) is 0 Å². The molecule has 4 rings (SSSR count). The van der Waals surface area contributed by atoms with Gasteiger partial charge in [-0.1, -0.05) is 11.3 Å². The van der Waals surface area contributed by atoms with Crippen molar-refractivity contribution in [3.8, 4) is 11.5 Å². The number of ether oxygens (including phenoxy) is 2. The van der Waals surface area contributed by atoms with Crippen molar-refractivity contribution in [3.05, 3.63) is 51.8 Å². The van der Waals surface area contributed by atoms with Crippen LogP contribution in [0.5, 0.6) is 11.5 Å². The molecule has 138 valence electrons. The van der Waals surface area contributed by atoms with Crippen molar-refractivity contribution in [1.29, 1.82) is 0 Å². The predicted octanol–water partition coefficient (Wildman–Crippen LogP) is 1.82. The second kappa shape index (κ2) is 6.71. The van der Waals surface area contributed by atoms with Crippen molar-refractivity contribution < 1.29 is 14.3 Å². The number of hydrogen-bond donors (Lipinski definition) is 1. The number of amides is 1. The van der Waals surface area contributed by atoms with Gasteiger partial charge in [-0.3, -0.25) is 9.59 Å². The highest BCUT2D eigenvalue weighted by Crippen LogP contribution is 2.32. The van der Waals surface area contributed by atoms with Crippen LogP contribution in [-0.4, -0.2) is 34.1 Å². The van der Waals surface area contributed by atoms with Gasteiger partial charge in [-0.2, -0.15) is 0 Å². The fourth-order valence-corrected chi connectivity index (χ4v) is 2.87. The third kappa shape index (κ3) is 3.33. The summed E-state index contributed by atoms with van der Waals surface area (Å²) in [7, 11) is 0. The molecule has 1 aliphatic rings. The molecule has 0 fully saturated rings. The summed E-state index contributed by atoms with van der Waals surface area (Å²) in [6.07, 6.45) is 0. The molecule has 0 atom stereocenters. The minimum absolute atomic E-state index is 0.233. The smallest absolute Gasteiger partial charge is 0.278 e. The summed E-state index contributed by atoms with van der Waals surface area (Å²) < 4.78 is 12.0. The first-order valence-electron chi connectivity index (χ1n) is 8.55. The van der Waals surface area contributed by atoms with E-state index in [4.69, 9.17) is 9.47 Å². The van der Waals surface area contributed by atoms with E-state index in [1.54, 1.807) is 12.1 Å². The van der Waals surface area contributed by atoms with Crippen LogP contribution in [0.3, 0.4) is 0 Å². The normalized spacial score (nSPS) is 12.8. The van der Waals surface area contributed by atoms with E-state index in [9.17, 15) is 9.59 Å². The average molecular weight is 366 g/mol. The molecule has 0 bridgehead atoms. The topological polar surface area (TPSA) is 95.3 Å². The Bertz CT molecular complexity index is 1110. The van der Waals surface area contributed by atoms with Crippen LogP contribution in [0.1, 0.15) is 11.1 Å². The number of nitrogens with zero attached hydrogens (tertiary/aromatic N) is 3. The maximum atomic E-state index is 12.7. The fraction of sp³-hybridized carbons (Fsp3) is 0.263. The van der Waals surface area contributed by atoms with Gasteiger partial charge in [-0.25, -0.2) is 4.68 Å². The molecular weight excluding hydrogens is 348 g/mol. The molecular formula is C19H18N4O4. The summed E-state index contributed by atoms with van der Waals surface area (Å²) in [4.78, 5) is 25.0. The van der Waals surface area contributed by atoms with Crippen LogP contribution in [0, 0.1) is 13.8 Å². The standard InChI is InChI=1S/C19H18N4O4/c1-11-3-4-13(7-12(11)2)20-18(24)10-23-19(25)14-8-16-17(27-6-5-26-16)9-15(14)21-22-23/h3-4,7-9H,5-6,10H2,1-2H3,(H,20,24). The Labute approximate surface area is 154 Å². The number of carbonyl (C=O) groups is 1. The van der Waals surface area contributed by atoms with Crippen LogP contribution in [0.25, 0.3) is 10.9 Å². The Kier molecular flexibility index (Phi) is 4.23. The number of carbonyl (C=O) groups excluding carboxylic acids is 1. The number of aromatic nitrogens is 3. The van der Waals surface area contributed by atoms with Gasteiger partial charge < -0.3 is 14.8 Å². The van der Waals surface area contributed by atoms with Gasteiger partial charge in [0.25, 0.3) is 5.56 Å². The van der Waals surface area contributed by atoms with E-state index in [0.29, 0.717) is 41.3 Å². The average Bonchev–Trinajstić information content (AvgIpc) is 2.66. The van der Waals surface area contributed by atoms with Crippen molar-refractivity contribution in [3.63, 3.8) is 0 Å². The zero-order valence-electron chi connectivity index (χ0n) is 15.0. The van der Waals surface area contributed by atoms with Gasteiger partial charge in [0.15, 0.2) is 11.5 Å². The number of nitrogens with one attached hydrogen (secondary N) is 1. The van der Waals surface area contributed by atoms with Crippen LogP contribution >= 0.6 is 0 Å². The third-order valence-corrected chi connectivity index (χ3v) is 4.47. The molecule has 2 aromatic carbocycles. The Hall–Kier alpha value is -3.42. The quantitative estimate of drug-likeness (QED) is 0.760. The molecule has 3 aromatic rings. The van der Waals surface area contributed by atoms with Crippen molar-refractivity contribution in [2.45, 2.75) is 20.4 Å². The maximum Gasteiger partial charge on any atom is 0.278 e. The van der Waals surface area contributed by atoms with E-state index in [1.165, 1.54) is 0 Å². The van der Waals surface area contributed by atoms with Crippen molar-refractivity contribution in [2.75, 3.05) is 18.5 Å². The molecule has 1 aliphatic heterocycles. The molecule has 0 unspecified atom stereocenters. The molecule has 8 nitrogen and oxygen atoms in total. The van der Waals surface area contributed by atoms with Gasteiger partial charge in [-0.05, 0) is 43.2 Å². The summed E-state index contributed by atoms with van der Waals surface area (Å²) in [6.45, 7) is 4.60. The highest BCUT2D eigenvalue weighted by molar-refractivity contribution is 5.90. The van der Waals surface area contributed by atoms with E-state index in [-0.39, 0.29) is 12.5 Å². The largest absolute Gasteiger partial charge is 0.486 e. The van der Waals surface area contributed by atoms with Crippen molar-refractivity contribution in [1.82, 2.24) is 15.0 Å². The molecule has 0 radical (unpaired) electrons. The summed E-state index contributed by atoms with van der Waals surface area (Å²) in [6, 6.07) is 8.83. The molecule has 1 amide bonds. The van der Waals surface area contributed by atoms with Crippen LogP contribution in [-0.2, 0) is 11.3 Å². The molecule has 2 heterocycles. The second-order valence-electron chi connectivity index (χ2n) is 6.41. The summed E-state index contributed by atoms with van der Waals surface area (Å²) in [5.41, 5.74) is 2.87. The maximum absolute atomic E-state index is 12.7. The molecule has 0 spiro atoms. The van der Waals surface area contributed by atoms with E-state index in [2.05, 4.69) is 15.6 Å². The lowest BCUT2D eigenvalue weighted by Gasteiger charge is -2.18. The molecule has 0 saturated carbocycles. The van der Waals surface area contributed by atoms with Gasteiger partial charge in [0.2, 0.25) is 5.91 Å². The third-order valence-electron chi connectivity index (χ3n) is 4.47. The number of anilines is 1. The van der Waals surface area contributed by atoms with Crippen molar-refractivity contribution >= 4 is 22.5 Å². The fourth-order valence-electron chi connectivity index (χ4n) is 2.87. The lowest BCUT2D eigenvalue weighted by molar-refractivity contribution is -0.117. The molecule has 1 N–H and O–H groups in total. The van der Waals surface area contributed by atoms with Crippen LogP contribution in [0.15, 0.2) is 35.1 Å². The number of rotatable bonds is 3. The second-order valence-corrected chi connectivity index (χ2v) is 6.41. The van der Waals surface area contributed by atoms with E-state index >= 15 is 0 Å². The van der Waals surface area contributed by atoms with Gasteiger partial charge >= 0.3 is 0 Å². The SMILES string of the molecule is Cc1ccc(NC(=O)Cn2nnc3cc4c(cc3c2=O)OCCO4)cc1C. The Balaban J connectivity index is 1.59. The molecule has 1 aromatic heterocycles. The number of aryl methyl sites for hydroxylation is 2. The highest BCUT2D eigenvalue weighted by atomic mass is 16.6. The summed E-state index contributed by atoms with van der Waals surface area (Å²) in [5, 5.41) is 11.0. The lowest BCUT2D eigenvalue weighted by atomic mass is 10.1. The lowest BCUT2D eigenvalue weighted by Crippen LogP contribution is -2.30. The first-order valence-corrected chi connectivity index (χ1v) is 8.55. The van der Waals surface area contributed by atoms with Crippen LogP contribution < -0.4 is 20.3 Å². The van der Waals surface area contributed by atoms with Gasteiger partial charge in [-0.15, -0.1) is 5.10 Å². The molecule has 0 aliphatic carbocycles. The number of hydrogen-bond acceptors (Lipinski definition) is 6. The van der Waals surface area contributed by atoms with E-state index < -0.39 is 5.56 Å². The predicted molar refractivity (Wildman–Crippen MR) is 99.3 cm³/mol. The Morgan fingerprint density at radius 1 is 1.11 bits per heavy atom. The summed E-state index contributed by atoms with van der Waals surface area (Å²) in [5.74, 6) is 0.671. The van der Waals surface area contributed by atoms with E-state index in [1.807, 2.05) is 32.0 Å². The number of fused-ring (bicyclic) bond motifs is 2. The number of benzene rings is 2. The first-order chi connectivity index (χ1) is 13.0.